The van der Waals surface area contributed by atoms with Crippen molar-refractivity contribution in [3.05, 3.63) is 35.9 Å². The van der Waals surface area contributed by atoms with Gasteiger partial charge in [0.25, 0.3) is 0 Å². The molecule has 0 aliphatic carbocycles. The van der Waals surface area contributed by atoms with Gasteiger partial charge in [0.05, 0.1) is 19.3 Å². The summed E-state index contributed by atoms with van der Waals surface area (Å²) in [7, 11) is 0. The molecule has 1 saturated heterocycles. The van der Waals surface area contributed by atoms with Gasteiger partial charge < -0.3 is 14.8 Å². The first-order valence-electron chi connectivity index (χ1n) is 5.83. The van der Waals surface area contributed by atoms with Gasteiger partial charge in [-0.1, -0.05) is 30.3 Å². The van der Waals surface area contributed by atoms with Crippen LogP contribution in [0.2, 0.25) is 0 Å². The van der Waals surface area contributed by atoms with E-state index >= 15 is 0 Å². The molecule has 1 aromatic carbocycles. The average Bonchev–Trinajstić information content (AvgIpc) is 2.36. The standard InChI is InChI=1S/C13H17NO3/c15-13-10-17-9-12(14-13)6-7-16-8-11-4-2-1-3-5-11/h1-5,12H,6-10H2,(H,14,15)/t12-/m1/s1. The zero-order valence-electron chi connectivity index (χ0n) is 9.72. The van der Waals surface area contributed by atoms with Gasteiger partial charge in [0, 0.05) is 6.61 Å². The van der Waals surface area contributed by atoms with Crippen LogP contribution in [0.5, 0.6) is 0 Å². The maximum Gasteiger partial charge on any atom is 0.246 e. The Morgan fingerprint density at radius 2 is 2.18 bits per heavy atom. The molecule has 1 atom stereocenters. The predicted octanol–water partition coefficient (Wildman–Crippen LogP) is 1.11. The smallest absolute Gasteiger partial charge is 0.246 e. The van der Waals surface area contributed by atoms with Gasteiger partial charge in [-0.15, -0.1) is 0 Å². The number of amides is 1. The van der Waals surface area contributed by atoms with Crippen LogP contribution in [0.25, 0.3) is 0 Å². The minimum atomic E-state index is -0.0377. The molecule has 1 fully saturated rings. The van der Waals surface area contributed by atoms with Crippen LogP contribution < -0.4 is 5.32 Å². The third kappa shape index (κ3) is 4.17. The molecule has 0 saturated carbocycles. The van der Waals surface area contributed by atoms with Crippen molar-refractivity contribution in [3.63, 3.8) is 0 Å². The highest BCUT2D eigenvalue weighted by atomic mass is 16.5. The Morgan fingerprint density at radius 1 is 1.35 bits per heavy atom. The Bertz CT molecular complexity index is 353. The molecule has 1 aliphatic heterocycles. The molecule has 2 rings (SSSR count). The van der Waals surface area contributed by atoms with Gasteiger partial charge >= 0.3 is 0 Å². The summed E-state index contributed by atoms with van der Waals surface area (Å²) >= 11 is 0. The van der Waals surface area contributed by atoms with E-state index < -0.39 is 0 Å². The maximum absolute atomic E-state index is 11.1. The third-order valence-electron chi connectivity index (χ3n) is 2.64. The van der Waals surface area contributed by atoms with E-state index in [4.69, 9.17) is 9.47 Å². The number of carbonyl (C=O) groups excluding carboxylic acids is 1. The van der Waals surface area contributed by atoms with E-state index in [0.717, 1.165) is 12.0 Å². The zero-order chi connectivity index (χ0) is 11.9. The van der Waals surface area contributed by atoms with E-state index in [1.807, 2.05) is 30.3 Å². The van der Waals surface area contributed by atoms with Crippen molar-refractivity contribution >= 4 is 5.91 Å². The molecule has 1 amide bonds. The number of hydrogen-bond acceptors (Lipinski definition) is 3. The highest BCUT2D eigenvalue weighted by Crippen LogP contribution is 2.03. The second-order valence-corrected chi connectivity index (χ2v) is 4.11. The van der Waals surface area contributed by atoms with Gasteiger partial charge in [0.1, 0.15) is 6.61 Å². The first-order valence-corrected chi connectivity index (χ1v) is 5.83. The van der Waals surface area contributed by atoms with Crippen LogP contribution in [-0.2, 0) is 20.9 Å². The fourth-order valence-electron chi connectivity index (χ4n) is 1.75. The molecule has 1 heterocycles. The second kappa shape index (κ2) is 6.37. The summed E-state index contributed by atoms with van der Waals surface area (Å²) in [6, 6.07) is 10.1. The summed E-state index contributed by atoms with van der Waals surface area (Å²) in [6.07, 6.45) is 0.790. The lowest BCUT2D eigenvalue weighted by Gasteiger charge is -2.23. The van der Waals surface area contributed by atoms with Crippen LogP contribution in [-0.4, -0.2) is 31.8 Å². The molecule has 4 heteroatoms. The largest absolute Gasteiger partial charge is 0.377 e. The lowest BCUT2D eigenvalue weighted by Crippen LogP contribution is -2.46. The molecule has 0 bridgehead atoms. The molecule has 17 heavy (non-hydrogen) atoms. The number of morpholine rings is 1. The SMILES string of the molecule is O=C1COC[C@@H](CCOCc2ccccc2)N1. The lowest BCUT2D eigenvalue weighted by atomic mass is 10.2. The Morgan fingerprint density at radius 3 is 2.94 bits per heavy atom. The Labute approximate surface area is 101 Å². The fourth-order valence-corrected chi connectivity index (χ4v) is 1.75. The minimum Gasteiger partial charge on any atom is -0.377 e. The molecule has 0 spiro atoms. The van der Waals surface area contributed by atoms with E-state index in [1.165, 1.54) is 0 Å². The number of benzene rings is 1. The third-order valence-corrected chi connectivity index (χ3v) is 2.64. The van der Waals surface area contributed by atoms with Gasteiger partial charge in [-0.05, 0) is 12.0 Å². The van der Waals surface area contributed by atoms with E-state index in [0.29, 0.717) is 19.8 Å². The van der Waals surface area contributed by atoms with Crippen molar-refractivity contribution in [2.24, 2.45) is 0 Å². The van der Waals surface area contributed by atoms with Crippen LogP contribution in [0.4, 0.5) is 0 Å². The maximum atomic E-state index is 11.1. The number of carbonyl (C=O) groups is 1. The van der Waals surface area contributed by atoms with Crippen LogP contribution >= 0.6 is 0 Å². The van der Waals surface area contributed by atoms with Crippen molar-refractivity contribution in [3.8, 4) is 0 Å². The molecule has 1 aliphatic rings. The zero-order valence-corrected chi connectivity index (χ0v) is 9.72. The fraction of sp³-hybridized carbons (Fsp3) is 0.462. The Hall–Kier alpha value is -1.39. The van der Waals surface area contributed by atoms with Gasteiger partial charge in [-0.3, -0.25) is 4.79 Å². The average molecular weight is 235 g/mol. The van der Waals surface area contributed by atoms with E-state index in [2.05, 4.69) is 5.32 Å². The molecule has 0 unspecified atom stereocenters. The molecular weight excluding hydrogens is 218 g/mol. The summed E-state index contributed by atoms with van der Waals surface area (Å²) < 4.78 is 10.7. The Kier molecular flexibility index (Phi) is 4.53. The number of hydrogen-bond donors (Lipinski definition) is 1. The van der Waals surface area contributed by atoms with Crippen LogP contribution in [0.3, 0.4) is 0 Å². The van der Waals surface area contributed by atoms with Crippen LogP contribution in [0.15, 0.2) is 30.3 Å². The van der Waals surface area contributed by atoms with Crippen molar-refractivity contribution < 1.29 is 14.3 Å². The van der Waals surface area contributed by atoms with Crippen molar-refractivity contribution in [2.45, 2.75) is 19.1 Å². The van der Waals surface area contributed by atoms with Crippen LogP contribution in [0, 0.1) is 0 Å². The highest BCUT2D eigenvalue weighted by Gasteiger charge is 2.17. The molecule has 4 nitrogen and oxygen atoms in total. The molecule has 0 radical (unpaired) electrons. The number of rotatable bonds is 5. The van der Waals surface area contributed by atoms with Crippen molar-refractivity contribution in [1.29, 1.82) is 0 Å². The van der Waals surface area contributed by atoms with Gasteiger partial charge in [-0.25, -0.2) is 0 Å². The normalized spacial score (nSPS) is 20.0. The van der Waals surface area contributed by atoms with E-state index in [9.17, 15) is 4.79 Å². The van der Waals surface area contributed by atoms with E-state index in [-0.39, 0.29) is 18.6 Å². The summed E-state index contributed by atoms with van der Waals surface area (Å²) in [6.45, 7) is 2.01. The second-order valence-electron chi connectivity index (χ2n) is 4.11. The summed E-state index contributed by atoms with van der Waals surface area (Å²) in [5.74, 6) is -0.0377. The van der Waals surface area contributed by atoms with Crippen LogP contribution in [0.1, 0.15) is 12.0 Å². The lowest BCUT2D eigenvalue weighted by molar-refractivity contribution is -0.131. The summed E-state index contributed by atoms with van der Waals surface area (Å²) in [5.41, 5.74) is 1.16. The minimum absolute atomic E-state index is 0.0377. The predicted molar refractivity (Wildman–Crippen MR) is 63.5 cm³/mol. The molecular formula is C13H17NO3. The number of nitrogens with one attached hydrogen (secondary N) is 1. The molecule has 0 aromatic heterocycles. The summed E-state index contributed by atoms with van der Waals surface area (Å²) in [4.78, 5) is 11.1. The van der Waals surface area contributed by atoms with Gasteiger partial charge in [0.2, 0.25) is 5.91 Å². The first kappa shape index (κ1) is 12.1. The highest BCUT2D eigenvalue weighted by molar-refractivity contribution is 5.78. The summed E-state index contributed by atoms with van der Waals surface area (Å²) in [5, 5.41) is 2.87. The monoisotopic (exact) mass is 235 g/mol. The molecule has 92 valence electrons. The quantitative estimate of drug-likeness (QED) is 0.778. The van der Waals surface area contributed by atoms with Gasteiger partial charge in [-0.2, -0.15) is 0 Å². The molecule has 1 aromatic rings. The van der Waals surface area contributed by atoms with Gasteiger partial charge in [0.15, 0.2) is 0 Å². The molecule has 1 N–H and O–H groups in total. The van der Waals surface area contributed by atoms with E-state index in [1.54, 1.807) is 0 Å². The first-order chi connectivity index (χ1) is 8.34. The Balaban J connectivity index is 1.61. The van der Waals surface area contributed by atoms with Crippen molar-refractivity contribution in [2.75, 3.05) is 19.8 Å². The number of ether oxygens (including phenoxy) is 2. The van der Waals surface area contributed by atoms with Crippen molar-refractivity contribution in [1.82, 2.24) is 5.32 Å². The topological polar surface area (TPSA) is 47.6 Å².